The topological polar surface area (TPSA) is 26.0 Å². The van der Waals surface area contributed by atoms with Crippen LogP contribution in [0.15, 0.2) is 24.3 Å². The molecule has 1 aromatic carbocycles. The van der Waals surface area contributed by atoms with E-state index in [1.807, 2.05) is 18.2 Å². The molecule has 0 aromatic heterocycles. The van der Waals surface area contributed by atoms with Crippen LogP contribution >= 0.6 is 0 Å². The number of halogens is 1. The van der Waals surface area contributed by atoms with E-state index in [2.05, 4.69) is 6.07 Å². The summed E-state index contributed by atoms with van der Waals surface area (Å²) in [5.41, 5.74) is 6.51. The maximum atomic E-state index is 14.1. The zero-order chi connectivity index (χ0) is 10.7. The van der Waals surface area contributed by atoms with Gasteiger partial charge in [-0.05, 0) is 49.8 Å². The highest BCUT2D eigenvalue weighted by Gasteiger charge is 2.38. The van der Waals surface area contributed by atoms with E-state index in [1.54, 1.807) is 0 Å². The van der Waals surface area contributed by atoms with Gasteiger partial charge in [-0.3, -0.25) is 0 Å². The molecule has 0 spiro atoms. The Morgan fingerprint density at radius 3 is 2.73 bits per heavy atom. The fourth-order valence-electron chi connectivity index (χ4n) is 2.09. The minimum Gasteiger partial charge on any atom is -0.330 e. The van der Waals surface area contributed by atoms with Gasteiger partial charge in [-0.25, -0.2) is 4.39 Å². The van der Waals surface area contributed by atoms with E-state index in [0.717, 1.165) is 24.8 Å². The molecule has 0 radical (unpaired) electrons. The quantitative estimate of drug-likeness (QED) is 0.807. The van der Waals surface area contributed by atoms with E-state index in [0.29, 0.717) is 19.4 Å². The zero-order valence-electron chi connectivity index (χ0n) is 9.01. The molecule has 0 heterocycles. The van der Waals surface area contributed by atoms with E-state index >= 15 is 0 Å². The Kier molecular flexibility index (Phi) is 3.06. The molecule has 0 aliphatic heterocycles. The molecule has 1 saturated carbocycles. The lowest BCUT2D eigenvalue weighted by Crippen LogP contribution is -2.28. The van der Waals surface area contributed by atoms with Crippen molar-refractivity contribution in [3.8, 4) is 0 Å². The molecule has 1 fully saturated rings. The molecular weight excluding hydrogens is 189 g/mol. The van der Waals surface area contributed by atoms with Gasteiger partial charge in [0.25, 0.3) is 0 Å². The van der Waals surface area contributed by atoms with Crippen molar-refractivity contribution in [1.82, 2.24) is 0 Å². The third-order valence-corrected chi connectivity index (χ3v) is 3.26. The maximum Gasteiger partial charge on any atom is 0.136 e. The van der Waals surface area contributed by atoms with E-state index in [9.17, 15) is 4.39 Å². The van der Waals surface area contributed by atoms with Crippen LogP contribution in [0, 0.1) is 0 Å². The smallest absolute Gasteiger partial charge is 0.136 e. The highest BCUT2D eigenvalue weighted by molar-refractivity contribution is 5.30. The molecule has 2 rings (SSSR count). The van der Waals surface area contributed by atoms with Crippen LogP contribution in [0.1, 0.15) is 36.8 Å². The molecular formula is C13H18FN. The van der Waals surface area contributed by atoms with Gasteiger partial charge in [0, 0.05) is 0 Å². The van der Waals surface area contributed by atoms with Crippen LogP contribution in [0.2, 0.25) is 0 Å². The summed E-state index contributed by atoms with van der Waals surface area (Å²) in [5, 5.41) is 0. The minimum atomic E-state index is -1.03. The number of hydrogen-bond donors (Lipinski definition) is 1. The lowest BCUT2D eigenvalue weighted by atomic mass is 9.76. The first-order valence-electron chi connectivity index (χ1n) is 5.73. The van der Waals surface area contributed by atoms with E-state index < -0.39 is 5.67 Å². The highest BCUT2D eigenvalue weighted by atomic mass is 19.1. The van der Waals surface area contributed by atoms with Crippen LogP contribution in [-0.4, -0.2) is 6.54 Å². The molecule has 0 saturated heterocycles. The average molecular weight is 207 g/mol. The molecule has 2 N–H and O–H groups in total. The Hall–Kier alpha value is -0.890. The second kappa shape index (κ2) is 4.31. The number of rotatable bonds is 4. The zero-order valence-corrected chi connectivity index (χ0v) is 9.01. The van der Waals surface area contributed by atoms with Crippen LogP contribution in [0.3, 0.4) is 0 Å². The summed E-state index contributed by atoms with van der Waals surface area (Å²) in [4.78, 5) is 0. The van der Waals surface area contributed by atoms with Crippen molar-refractivity contribution in [2.24, 2.45) is 5.73 Å². The predicted octanol–water partition coefficient (Wildman–Crippen LogP) is 2.93. The highest BCUT2D eigenvalue weighted by Crippen LogP contribution is 2.45. The molecule has 1 aliphatic carbocycles. The number of aryl methyl sites for hydroxylation is 1. The monoisotopic (exact) mass is 207 g/mol. The van der Waals surface area contributed by atoms with E-state index in [4.69, 9.17) is 5.73 Å². The lowest BCUT2D eigenvalue weighted by molar-refractivity contribution is 0.0608. The number of nitrogens with two attached hydrogens (primary N) is 1. The second-order valence-corrected chi connectivity index (χ2v) is 4.41. The summed E-state index contributed by atoms with van der Waals surface area (Å²) in [6.45, 7) is 0.699. The maximum absolute atomic E-state index is 14.1. The average Bonchev–Trinajstić information content (AvgIpc) is 2.23. The molecule has 0 atom stereocenters. The molecule has 1 nitrogen and oxygen atoms in total. The van der Waals surface area contributed by atoms with Crippen molar-refractivity contribution in [3.05, 3.63) is 35.4 Å². The molecule has 15 heavy (non-hydrogen) atoms. The van der Waals surface area contributed by atoms with Crippen molar-refractivity contribution in [1.29, 1.82) is 0 Å². The second-order valence-electron chi connectivity index (χ2n) is 4.41. The van der Waals surface area contributed by atoms with Crippen molar-refractivity contribution in [3.63, 3.8) is 0 Å². The van der Waals surface area contributed by atoms with Crippen molar-refractivity contribution < 1.29 is 4.39 Å². The SMILES string of the molecule is NCCCc1cccc(C2(F)CCC2)c1. The fourth-order valence-corrected chi connectivity index (χ4v) is 2.09. The van der Waals surface area contributed by atoms with Crippen molar-refractivity contribution in [2.45, 2.75) is 37.8 Å². The van der Waals surface area contributed by atoms with E-state index in [1.165, 1.54) is 5.56 Å². The van der Waals surface area contributed by atoms with Crippen molar-refractivity contribution >= 4 is 0 Å². The standard InChI is InChI=1S/C13H18FN/c14-13(7-3-8-13)12-6-1-4-11(10-12)5-2-9-15/h1,4,6,10H,2-3,5,7-9,15H2. The van der Waals surface area contributed by atoms with Gasteiger partial charge < -0.3 is 5.73 Å². The van der Waals surface area contributed by atoms with Gasteiger partial charge >= 0.3 is 0 Å². The Morgan fingerprint density at radius 2 is 2.13 bits per heavy atom. The number of alkyl halides is 1. The van der Waals surface area contributed by atoms with Gasteiger partial charge in [0.15, 0.2) is 0 Å². The molecule has 0 amide bonds. The number of hydrogen-bond acceptors (Lipinski definition) is 1. The third kappa shape index (κ3) is 2.20. The Labute approximate surface area is 90.5 Å². The van der Waals surface area contributed by atoms with Crippen LogP contribution in [-0.2, 0) is 12.1 Å². The Bertz CT molecular complexity index is 331. The first-order chi connectivity index (χ1) is 7.24. The number of benzene rings is 1. The van der Waals surface area contributed by atoms with Gasteiger partial charge in [0.2, 0.25) is 0 Å². The molecule has 2 heteroatoms. The molecule has 0 bridgehead atoms. The summed E-state index contributed by atoms with van der Waals surface area (Å²) in [7, 11) is 0. The normalized spacial score (nSPS) is 18.5. The molecule has 1 aliphatic rings. The van der Waals surface area contributed by atoms with Crippen LogP contribution in [0.5, 0.6) is 0 Å². The summed E-state index contributed by atoms with van der Waals surface area (Å²) < 4.78 is 14.1. The molecule has 1 aromatic rings. The van der Waals surface area contributed by atoms with Crippen molar-refractivity contribution in [2.75, 3.05) is 6.54 Å². The molecule has 82 valence electrons. The summed E-state index contributed by atoms with van der Waals surface area (Å²) in [6.07, 6.45) is 4.33. The first-order valence-corrected chi connectivity index (χ1v) is 5.73. The van der Waals surface area contributed by atoms with Gasteiger partial charge in [-0.1, -0.05) is 24.3 Å². The summed E-state index contributed by atoms with van der Waals surface area (Å²) in [6, 6.07) is 7.93. The fraction of sp³-hybridized carbons (Fsp3) is 0.538. The van der Waals surface area contributed by atoms with E-state index in [-0.39, 0.29) is 0 Å². The molecule has 0 unspecified atom stereocenters. The summed E-state index contributed by atoms with van der Waals surface area (Å²) in [5.74, 6) is 0. The van der Waals surface area contributed by atoms with Crippen LogP contribution < -0.4 is 5.73 Å². The predicted molar refractivity (Wildman–Crippen MR) is 60.5 cm³/mol. The third-order valence-electron chi connectivity index (χ3n) is 3.26. The van der Waals surface area contributed by atoms with Gasteiger partial charge in [0.05, 0.1) is 0 Å². The Morgan fingerprint density at radius 1 is 1.33 bits per heavy atom. The van der Waals surface area contributed by atoms with Gasteiger partial charge in [0.1, 0.15) is 5.67 Å². The van der Waals surface area contributed by atoms with Crippen LogP contribution in [0.4, 0.5) is 4.39 Å². The largest absolute Gasteiger partial charge is 0.330 e. The van der Waals surface area contributed by atoms with Gasteiger partial charge in [-0.2, -0.15) is 0 Å². The van der Waals surface area contributed by atoms with Gasteiger partial charge in [-0.15, -0.1) is 0 Å². The van der Waals surface area contributed by atoms with Crippen LogP contribution in [0.25, 0.3) is 0 Å². The Balaban J connectivity index is 2.11. The first kappa shape index (κ1) is 10.6. The summed E-state index contributed by atoms with van der Waals surface area (Å²) >= 11 is 0. The lowest BCUT2D eigenvalue weighted by Gasteiger charge is -2.34. The minimum absolute atomic E-state index is 0.688.